The quantitative estimate of drug-likeness (QED) is 0.534. The van der Waals surface area contributed by atoms with E-state index in [1.807, 2.05) is 0 Å². The lowest BCUT2D eigenvalue weighted by molar-refractivity contribution is -0.140. The molecule has 0 radical (unpaired) electrons. The fourth-order valence-corrected chi connectivity index (χ4v) is 0.844. The van der Waals surface area contributed by atoms with Gasteiger partial charge in [-0.2, -0.15) is 0 Å². The van der Waals surface area contributed by atoms with Crippen LogP contribution in [-0.2, 0) is 14.3 Å². The second kappa shape index (κ2) is 5.07. The van der Waals surface area contributed by atoms with Crippen LogP contribution in [0.25, 0.3) is 0 Å². The number of ketones is 1. The van der Waals surface area contributed by atoms with E-state index in [9.17, 15) is 9.59 Å². The average molecular weight is 221 g/mol. The molecule has 0 N–H and O–H groups in total. The van der Waals surface area contributed by atoms with E-state index >= 15 is 0 Å². The topological polar surface area (TPSA) is 43.4 Å². The molecule has 0 aliphatic rings. The first-order valence-corrected chi connectivity index (χ1v) is 3.93. The smallest absolute Gasteiger partial charge is 0.302 e. The maximum Gasteiger partial charge on any atom is 0.302 e. The highest BCUT2D eigenvalue weighted by molar-refractivity contribution is 9.11. The van der Waals surface area contributed by atoms with Crippen LogP contribution in [0.2, 0.25) is 0 Å². The summed E-state index contributed by atoms with van der Waals surface area (Å²) < 4.78 is 4.60. The Morgan fingerprint density at radius 2 is 2.00 bits per heavy atom. The minimum absolute atomic E-state index is 0.0376. The highest BCUT2D eigenvalue weighted by Crippen LogP contribution is 2.01. The molecule has 0 aromatic heterocycles. The van der Waals surface area contributed by atoms with Crippen molar-refractivity contribution in [2.24, 2.45) is 0 Å². The standard InChI is InChI=1S/C7H9BrO3/c1-5(9)7(3-8)4-11-6(2)10/h3H,4H2,1-2H3/b7-3+. The van der Waals surface area contributed by atoms with Crippen molar-refractivity contribution in [1.29, 1.82) is 0 Å². The van der Waals surface area contributed by atoms with Gasteiger partial charge in [0.05, 0.1) is 0 Å². The van der Waals surface area contributed by atoms with Crippen LogP contribution >= 0.6 is 15.9 Å². The predicted octanol–water partition coefficient (Wildman–Crippen LogP) is 1.42. The maximum atomic E-state index is 10.7. The van der Waals surface area contributed by atoms with E-state index in [0.717, 1.165) is 0 Å². The van der Waals surface area contributed by atoms with Crippen LogP contribution in [0, 0.1) is 0 Å². The van der Waals surface area contributed by atoms with E-state index in [4.69, 9.17) is 0 Å². The van der Waals surface area contributed by atoms with E-state index in [0.29, 0.717) is 5.57 Å². The molecule has 0 bridgehead atoms. The Bertz CT molecular complexity index is 196. The third-order valence-electron chi connectivity index (χ3n) is 1.01. The minimum Gasteiger partial charge on any atom is -0.461 e. The van der Waals surface area contributed by atoms with Crippen molar-refractivity contribution < 1.29 is 14.3 Å². The van der Waals surface area contributed by atoms with E-state index in [2.05, 4.69) is 20.7 Å². The molecule has 0 fully saturated rings. The predicted molar refractivity (Wildman–Crippen MR) is 44.3 cm³/mol. The number of carbonyl (C=O) groups is 2. The van der Waals surface area contributed by atoms with Crippen molar-refractivity contribution in [2.45, 2.75) is 13.8 Å². The molecule has 0 aromatic rings. The number of hydrogen-bond acceptors (Lipinski definition) is 3. The van der Waals surface area contributed by atoms with Crippen LogP contribution in [0.3, 0.4) is 0 Å². The van der Waals surface area contributed by atoms with Gasteiger partial charge in [-0.25, -0.2) is 0 Å². The van der Waals surface area contributed by atoms with Crippen LogP contribution in [0.4, 0.5) is 0 Å². The second-order valence-electron chi connectivity index (χ2n) is 1.97. The first kappa shape index (κ1) is 10.4. The summed E-state index contributed by atoms with van der Waals surface area (Å²) in [6.07, 6.45) is 0. The Kier molecular flexibility index (Phi) is 4.77. The molecule has 62 valence electrons. The van der Waals surface area contributed by atoms with Gasteiger partial charge in [0.15, 0.2) is 5.78 Å². The molecule has 0 spiro atoms. The van der Waals surface area contributed by atoms with Crippen LogP contribution in [-0.4, -0.2) is 18.4 Å². The summed E-state index contributed by atoms with van der Waals surface area (Å²) in [5, 5.41) is 0. The number of carbonyl (C=O) groups excluding carboxylic acids is 2. The normalized spacial score (nSPS) is 11.0. The molecular formula is C7H9BrO3. The Hall–Kier alpha value is -0.640. The number of rotatable bonds is 3. The van der Waals surface area contributed by atoms with Crippen molar-refractivity contribution in [1.82, 2.24) is 0 Å². The molecule has 11 heavy (non-hydrogen) atoms. The third-order valence-corrected chi connectivity index (χ3v) is 1.57. The molecule has 0 aliphatic carbocycles. The Balaban J connectivity index is 3.92. The molecule has 0 saturated carbocycles. The SMILES string of the molecule is CC(=O)OC/C(=C\Br)C(C)=O. The third kappa shape index (κ3) is 4.72. The fourth-order valence-electron chi connectivity index (χ4n) is 0.389. The Labute approximate surface area is 73.5 Å². The van der Waals surface area contributed by atoms with E-state index in [-0.39, 0.29) is 12.4 Å². The molecule has 0 atom stereocenters. The van der Waals surface area contributed by atoms with Gasteiger partial charge in [0.2, 0.25) is 0 Å². The highest BCUT2D eigenvalue weighted by Gasteiger charge is 2.03. The summed E-state index contributed by atoms with van der Waals surface area (Å²) in [6.45, 7) is 2.75. The lowest BCUT2D eigenvalue weighted by atomic mass is 10.2. The largest absolute Gasteiger partial charge is 0.461 e. The van der Waals surface area contributed by atoms with Crippen molar-refractivity contribution in [3.63, 3.8) is 0 Å². The lowest BCUT2D eigenvalue weighted by Gasteiger charge is -2.01. The summed E-state index contributed by atoms with van der Waals surface area (Å²) in [5.41, 5.74) is 0.445. The molecular weight excluding hydrogens is 212 g/mol. The zero-order valence-corrected chi connectivity index (χ0v) is 7.97. The monoisotopic (exact) mass is 220 g/mol. The van der Waals surface area contributed by atoms with Crippen molar-refractivity contribution in [3.8, 4) is 0 Å². The molecule has 0 unspecified atom stereocenters. The van der Waals surface area contributed by atoms with Crippen LogP contribution in [0.1, 0.15) is 13.8 Å². The number of ether oxygens (including phenoxy) is 1. The van der Waals surface area contributed by atoms with Gasteiger partial charge < -0.3 is 4.74 Å². The zero-order chi connectivity index (χ0) is 8.85. The van der Waals surface area contributed by atoms with Crippen molar-refractivity contribution in [2.75, 3.05) is 6.61 Å². The summed E-state index contributed by atoms with van der Waals surface area (Å²) in [7, 11) is 0. The van der Waals surface area contributed by atoms with Gasteiger partial charge in [-0.15, -0.1) is 0 Å². The molecule has 0 aromatic carbocycles. The molecule has 0 saturated heterocycles. The first-order valence-electron chi connectivity index (χ1n) is 3.01. The molecule has 0 amide bonds. The molecule has 0 rings (SSSR count). The molecule has 0 heterocycles. The van der Waals surface area contributed by atoms with Gasteiger partial charge in [0.1, 0.15) is 6.61 Å². The number of esters is 1. The highest BCUT2D eigenvalue weighted by atomic mass is 79.9. The summed E-state index contributed by atoms with van der Waals surface area (Å²) in [4.78, 5) is 22.5. The zero-order valence-electron chi connectivity index (χ0n) is 6.39. The first-order chi connectivity index (χ1) is 5.07. The van der Waals surface area contributed by atoms with E-state index < -0.39 is 5.97 Å². The van der Waals surface area contributed by atoms with Gasteiger partial charge in [0.25, 0.3) is 0 Å². The van der Waals surface area contributed by atoms with Crippen molar-refractivity contribution in [3.05, 3.63) is 10.6 Å². The van der Waals surface area contributed by atoms with Gasteiger partial charge in [-0.1, -0.05) is 15.9 Å². The van der Waals surface area contributed by atoms with Crippen LogP contribution < -0.4 is 0 Å². The number of halogens is 1. The van der Waals surface area contributed by atoms with E-state index in [1.54, 1.807) is 0 Å². The van der Waals surface area contributed by atoms with Crippen molar-refractivity contribution >= 4 is 27.7 Å². The summed E-state index contributed by atoms with van der Waals surface area (Å²) in [5.74, 6) is -0.499. The average Bonchev–Trinajstić information content (AvgIpc) is 1.87. The summed E-state index contributed by atoms with van der Waals surface area (Å²) >= 11 is 2.99. The van der Waals surface area contributed by atoms with Gasteiger partial charge >= 0.3 is 5.97 Å². The minimum atomic E-state index is -0.391. The second-order valence-corrected chi connectivity index (χ2v) is 2.43. The van der Waals surface area contributed by atoms with Gasteiger partial charge in [0, 0.05) is 12.5 Å². The summed E-state index contributed by atoms with van der Waals surface area (Å²) in [6, 6.07) is 0. The fraction of sp³-hybridized carbons (Fsp3) is 0.429. The van der Waals surface area contributed by atoms with Crippen LogP contribution in [0.15, 0.2) is 10.6 Å². The molecule has 0 aliphatic heterocycles. The number of Topliss-reactive ketones (excluding diaryl/α,β-unsaturated/α-hetero) is 1. The van der Waals surface area contributed by atoms with Crippen LogP contribution in [0.5, 0.6) is 0 Å². The molecule has 3 nitrogen and oxygen atoms in total. The van der Waals surface area contributed by atoms with Gasteiger partial charge in [-0.05, 0) is 11.9 Å². The van der Waals surface area contributed by atoms with E-state index in [1.165, 1.54) is 18.8 Å². The molecule has 4 heteroatoms. The lowest BCUT2D eigenvalue weighted by Crippen LogP contribution is -2.08. The Morgan fingerprint density at radius 3 is 2.27 bits per heavy atom. The Morgan fingerprint density at radius 1 is 1.45 bits per heavy atom. The van der Waals surface area contributed by atoms with Gasteiger partial charge in [-0.3, -0.25) is 9.59 Å². The number of hydrogen-bond donors (Lipinski definition) is 0. The maximum absolute atomic E-state index is 10.7.